The van der Waals surface area contributed by atoms with Crippen LogP contribution in [-0.2, 0) is 18.9 Å². The van der Waals surface area contributed by atoms with E-state index >= 15 is 0 Å². The van der Waals surface area contributed by atoms with Gasteiger partial charge < -0.3 is 49.2 Å². The molecule has 162 valence electrons. The van der Waals surface area contributed by atoms with Gasteiger partial charge in [-0.3, -0.25) is 0 Å². The molecule has 0 heterocycles. The first kappa shape index (κ1) is 24.5. The molecule has 0 aliphatic rings. The van der Waals surface area contributed by atoms with Crippen LogP contribution in [-0.4, -0.2) is 100 Å². The molecule has 1 aromatic rings. The zero-order valence-electron chi connectivity index (χ0n) is 16.1. The van der Waals surface area contributed by atoms with E-state index in [1.54, 1.807) is 0 Å². The predicted octanol–water partition coefficient (Wildman–Crippen LogP) is -0.835. The average Bonchev–Trinajstić information content (AvgIpc) is 2.72. The van der Waals surface area contributed by atoms with Crippen LogP contribution in [0.1, 0.15) is 0 Å². The SMILES string of the molecule is OCOCCN(CCOCO)c1ccc(N(CCOCO)CCOCO)cc1. The van der Waals surface area contributed by atoms with Crippen molar-refractivity contribution in [3.8, 4) is 0 Å². The highest BCUT2D eigenvalue weighted by Crippen LogP contribution is 2.21. The van der Waals surface area contributed by atoms with Crippen molar-refractivity contribution in [1.29, 1.82) is 0 Å². The molecule has 0 aliphatic carbocycles. The van der Waals surface area contributed by atoms with Crippen LogP contribution in [0.15, 0.2) is 24.3 Å². The van der Waals surface area contributed by atoms with Gasteiger partial charge in [0.2, 0.25) is 0 Å². The van der Waals surface area contributed by atoms with E-state index in [1.807, 2.05) is 34.1 Å². The summed E-state index contributed by atoms with van der Waals surface area (Å²) in [6, 6.07) is 7.83. The van der Waals surface area contributed by atoms with Gasteiger partial charge in [-0.1, -0.05) is 0 Å². The third kappa shape index (κ3) is 10.2. The van der Waals surface area contributed by atoms with E-state index in [9.17, 15) is 0 Å². The minimum atomic E-state index is -0.333. The Morgan fingerprint density at radius 1 is 0.500 bits per heavy atom. The summed E-state index contributed by atoms with van der Waals surface area (Å²) in [7, 11) is 0. The van der Waals surface area contributed by atoms with Crippen molar-refractivity contribution in [2.75, 3.05) is 89.6 Å². The highest BCUT2D eigenvalue weighted by Gasteiger charge is 2.10. The maximum Gasteiger partial charge on any atom is 0.143 e. The van der Waals surface area contributed by atoms with Gasteiger partial charge in [-0.15, -0.1) is 0 Å². The number of anilines is 2. The Balaban J connectivity index is 2.75. The average molecular weight is 404 g/mol. The van der Waals surface area contributed by atoms with E-state index in [1.165, 1.54) is 0 Å². The van der Waals surface area contributed by atoms with Crippen LogP contribution in [0.3, 0.4) is 0 Å². The van der Waals surface area contributed by atoms with Gasteiger partial charge >= 0.3 is 0 Å². The van der Waals surface area contributed by atoms with Crippen molar-refractivity contribution in [1.82, 2.24) is 0 Å². The van der Waals surface area contributed by atoms with Crippen molar-refractivity contribution in [2.24, 2.45) is 0 Å². The first-order chi connectivity index (χ1) is 13.8. The highest BCUT2D eigenvalue weighted by atomic mass is 16.6. The van der Waals surface area contributed by atoms with Gasteiger partial charge in [0.1, 0.15) is 27.2 Å². The van der Waals surface area contributed by atoms with Gasteiger partial charge in [0, 0.05) is 37.6 Å². The van der Waals surface area contributed by atoms with E-state index < -0.39 is 0 Å². The summed E-state index contributed by atoms with van der Waals surface area (Å²) in [5, 5.41) is 35.1. The Labute approximate surface area is 165 Å². The maximum atomic E-state index is 8.78. The fourth-order valence-corrected chi connectivity index (χ4v) is 2.57. The van der Waals surface area contributed by atoms with Crippen LogP contribution in [0.25, 0.3) is 0 Å². The highest BCUT2D eigenvalue weighted by molar-refractivity contribution is 5.56. The number of rotatable bonds is 18. The van der Waals surface area contributed by atoms with Gasteiger partial charge in [0.25, 0.3) is 0 Å². The molecule has 0 saturated carbocycles. The Morgan fingerprint density at radius 2 is 0.750 bits per heavy atom. The lowest BCUT2D eigenvalue weighted by Crippen LogP contribution is -2.32. The normalized spacial score (nSPS) is 11.0. The van der Waals surface area contributed by atoms with E-state index in [0.717, 1.165) is 11.4 Å². The first-order valence-electron chi connectivity index (χ1n) is 9.11. The van der Waals surface area contributed by atoms with Crippen molar-refractivity contribution in [2.45, 2.75) is 0 Å². The van der Waals surface area contributed by atoms with E-state index in [4.69, 9.17) is 39.4 Å². The van der Waals surface area contributed by atoms with Gasteiger partial charge in [-0.05, 0) is 24.3 Å². The summed E-state index contributed by atoms with van der Waals surface area (Å²) in [6.45, 7) is 2.37. The zero-order valence-corrected chi connectivity index (χ0v) is 16.1. The summed E-state index contributed by atoms with van der Waals surface area (Å²) in [5.41, 5.74) is 1.90. The lowest BCUT2D eigenvalue weighted by molar-refractivity contribution is -0.00399. The summed E-state index contributed by atoms with van der Waals surface area (Å²) >= 11 is 0. The fraction of sp³-hybridized carbons (Fsp3) is 0.667. The lowest BCUT2D eigenvalue weighted by Gasteiger charge is -2.27. The molecule has 0 bridgehead atoms. The minimum absolute atomic E-state index is 0.333. The second-order valence-corrected chi connectivity index (χ2v) is 5.64. The molecule has 28 heavy (non-hydrogen) atoms. The molecule has 0 fully saturated rings. The van der Waals surface area contributed by atoms with Gasteiger partial charge in [-0.25, -0.2) is 0 Å². The molecule has 0 atom stereocenters. The number of benzene rings is 1. The second-order valence-electron chi connectivity index (χ2n) is 5.64. The second kappa shape index (κ2) is 16.5. The monoisotopic (exact) mass is 404 g/mol. The van der Waals surface area contributed by atoms with Crippen molar-refractivity contribution in [3.63, 3.8) is 0 Å². The molecule has 0 radical (unpaired) electrons. The smallest absolute Gasteiger partial charge is 0.143 e. The fourth-order valence-electron chi connectivity index (χ4n) is 2.57. The van der Waals surface area contributed by atoms with Crippen molar-refractivity contribution < 1.29 is 39.4 Å². The topological polar surface area (TPSA) is 124 Å². The Hall–Kier alpha value is -1.50. The molecule has 1 aromatic carbocycles. The lowest BCUT2D eigenvalue weighted by atomic mass is 10.2. The number of aliphatic hydroxyl groups is 4. The number of hydrogen-bond acceptors (Lipinski definition) is 10. The molecule has 0 aromatic heterocycles. The summed E-state index contributed by atoms with van der Waals surface area (Å²) in [5.74, 6) is 0. The molecule has 4 N–H and O–H groups in total. The molecule has 0 unspecified atom stereocenters. The molecule has 0 aliphatic heterocycles. The molecular formula is C18H32N2O8. The molecule has 1 rings (SSSR count). The van der Waals surface area contributed by atoms with Gasteiger partial charge in [0.05, 0.1) is 26.4 Å². The maximum absolute atomic E-state index is 8.78. The van der Waals surface area contributed by atoms with Crippen LogP contribution in [0, 0.1) is 0 Å². The summed E-state index contributed by atoms with van der Waals surface area (Å²) in [4.78, 5) is 4.06. The minimum Gasteiger partial charge on any atom is -0.371 e. The number of nitrogens with zero attached hydrogens (tertiary/aromatic N) is 2. The summed E-state index contributed by atoms with van der Waals surface area (Å²) in [6.07, 6.45) is 0. The van der Waals surface area contributed by atoms with Crippen LogP contribution in [0.2, 0.25) is 0 Å². The van der Waals surface area contributed by atoms with Crippen LogP contribution >= 0.6 is 0 Å². The Morgan fingerprint density at radius 3 is 0.964 bits per heavy atom. The van der Waals surface area contributed by atoms with Gasteiger partial charge in [0.15, 0.2) is 0 Å². The van der Waals surface area contributed by atoms with E-state index in [-0.39, 0.29) is 27.2 Å². The third-order valence-corrected chi connectivity index (χ3v) is 3.97. The zero-order chi connectivity index (χ0) is 20.5. The Kier molecular flexibility index (Phi) is 14.4. The van der Waals surface area contributed by atoms with E-state index in [2.05, 4.69) is 0 Å². The largest absolute Gasteiger partial charge is 0.371 e. The van der Waals surface area contributed by atoms with Crippen molar-refractivity contribution in [3.05, 3.63) is 24.3 Å². The van der Waals surface area contributed by atoms with Crippen LogP contribution in [0.4, 0.5) is 11.4 Å². The first-order valence-corrected chi connectivity index (χ1v) is 9.11. The molecule has 10 heteroatoms. The third-order valence-electron chi connectivity index (χ3n) is 3.97. The van der Waals surface area contributed by atoms with E-state index in [0.29, 0.717) is 52.6 Å². The molecule has 0 saturated heterocycles. The van der Waals surface area contributed by atoms with Crippen LogP contribution < -0.4 is 9.80 Å². The molecule has 0 amide bonds. The van der Waals surface area contributed by atoms with Crippen LogP contribution in [0.5, 0.6) is 0 Å². The number of hydrogen-bond donors (Lipinski definition) is 4. The Bertz CT molecular complexity index is 414. The predicted molar refractivity (Wildman–Crippen MR) is 103 cm³/mol. The standard InChI is InChI=1S/C18H32N2O8/c21-13-25-9-5-19(6-10-26-14-22)17-1-2-18(4-3-17)20(7-11-27-15-23)8-12-28-16-24/h1-4,21-24H,5-16H2. The van der Waals surface area contributed by atoms with Gasteiger partial charge in [-0.2, -0.15) is 0 Å². The number of aliphatic hydroxyl groups excluding tert-OH is 4. The molecular weight excluding hydrogens is 372 g/mol. The number of ether oxygens (including phenoxy) is 4. The molecule has 10 nitrogen and oxygen atoms in total. The molecule has 0 spiro atoms. The quantitative estimate of drug-likeness (QED) is 0.182. The van der Waals surface area contributed by atoms with Crippen molar-refractivity contribution >= 4 is 11.4 Å². The summed E-state index contributed by atoms with van der Waals surface area (Å²) < 4.78 is 20.0.